The van der Waals surface area contributed by atoms with E-state index in [1.54, 1.807) is 49.4 Å². The lowest BCUT2D eigenvalue weighted by Crippen LogP contribution is -2.08. The molecule has 2 aromatic rings. The van der Waals surface area contributed by atoms with Crippen LogP contribution in [-0.4, -0.2) is 16.9 Å². The van der Waals surface area contributed by atoms with E-state index < -0.39 is 11.9 Å². The lowest BCUT2D eigenvalue weighted by atomic mass is 9.97. The average molecular weight is 333 g/mol. The number of halogens is 1. The van der Waals surface area contributed by atoms with Crippen LogP contribution in [-0.2, 0) is 4.79 Å². The van der Waals surface area contributed by atoms with E-state index in [1.807, 2.05) is 6.07 Å². The molecule has 1 unspecified atom stereocenters. The molecule has 102 valence electrons. The molecule has 0 saturated heterocycles. The highest BCUT2D eigenvalue weighted by Crippen LogP contribution is 2.19. The molecule has 0 bridgehead atoms. The number of hydrogen-bond acceptors (Lipinski definition) is 2. The van der Waals surface area contributed by atoms with E-state index in [0.717, 1.165) is 4.47 Å². The Bertz CT molecular complexity index is 647. The van der Waals surface area contributed by atoms with Gasteiger partial charge in [0.25, 0.3) is 0 Å². The Hall–Kier alpha value is -1.94. The Kier molecular flexibility index (Phi) is 4.35. The van der Waals surface area contributed by atoms with Crippen molar-refractivity contribution in [3.05, 3.63) is 69.7 Å². The van der Waals surface area contributed by atoms with Crippen LogP contribution in [0.5, 0.6) is 0 Å². The van der Waals surface area contributed by atoms with Crippen molar-refractivity contribution in [2.24, 2.45) is 0 Å². The molecule has 0 heterocycles. The van der Waals surface area contributed by atoms with Crippen LogP contribution in [0.4, 0.5) is 0 Å². The minimum Gasteiger partial charge on any atom is -0.481 e. The number of ketones is 1. The molecular formula is C16H13BrO3. The number of carboxylic acids is 1. The van der Waals surface area contributed by atoms with Gasteiger partial charge in [0.05, 0.1) is 5.92 Å². The van der Waals surface area contributed by atoms with Gasteiger partial charge < -0.3 is 5.11 Å². The summed E-state index contributed by atoms with van der Waals surface area (Å²) in [5.74, 6) is -1.54. The SMILES string of the molecule is CC(C(=O)O)c1ccc(C(=O)c2cccc(Br)c2)cc1. The van der Waals surface area contributed by atoms with Crippen LogP contribution in [0.25, 0.3) is 0 Å². The summed E-state index contributed by atoms with van der Waals surface area (Å²) in [6.07, 6.45) is 0. The summed E-state index contributed by atoms with van der Waals surface area (Å²) < 4.78 is 0.847. The summed E-state index contributed by atoms with van der Waals surface area (Å²) >= 11 is 3.33. The number of benzene rings is 2. The lowest BCUT2D eigenvalue weighted by Gasteiger charge is -2.07. The topological polar surface area (TPSA) is 54.4 Å². The Morgan fingerprint density at radius 3 is 2.25 bits per heavy atom. The fourth-order valence-electron chi connectivity index (χ4n) is 1.86. The highest BCUT2D eigenvalue weighted by atomic mass is 79.9. The van der Waals surface area contributed by atoms with Crippen molar-refractivity contribution in [1.82, 2.24) is 0 Å². The van der Waals surface area contributed by atoms with Gasteiger partial charge in [0.15, 0.2) is 5.78 Å². The molecule has 0 fully saturated rings. The van der Waals surface area contributed by atoms with Gasteiger partial charge in [-0.2, -0.15) is 0 Å². The van der Waals surface area contributed by atoms with Crippen LogP contribution in [0.3, 0.4) is 0 Å². The van der Waals surface area contributed by atoms with Crippen molar-refractivity contribution in [2.45, 2.75) is 12.8 Å². The Morgan fingerprint density at radius 2 is 1.70 bits per heavy atom. The standard InChI is InChI=1S/C16H13BrO3/c1-10(16(19)20)11-5-7-12(8-6-11)15(18)13-3-2-4-14(17)9-13/h2-10H,1H3,(H,19,20). The molecular weight excluding hydrogens is 320 g/mol. The van der Waals surface area contributed by atoms with Gasteiger partial charge >= 0.3 is 5.97 Å². The molecule has 1 atom stereocenters. The zero-order chi connectivity index (χ0) is 14.7. The molecule has 0 aliphatic rings. The van der Waals surface area contributed by atoms with Crippen LogP contribution >= 0.6 is 15.9 Å². The second-order valence-electron chi connectivity index (χ2n) is 4.52. The van der Waals surface area contributed by atoms with Crippen LogP contribution < -0.4 is 0 Å². The zero-order valence-corrected chi connectivity index (χ0v) is 12.4. The predicted octanol–water partition coefficient (Wildman–Crippen LogP) is 3.87. The molecule has 2 rings (SSSR count). The van der Waals surface area contributed by atoms with Crippen molar-refractivity contribution in [2.75, 3.05) is 0 Å². The van der Waals surface area contributed by atoms with Gasteiger partial charge in [0.2, 0.25) is 0 Å². The van der Waals surface area contributed by atoms with Crippen LogP contribution in [0.1, 0.15) is 34.3 Å². The molecule has 0 radical (unpaired) electrons. The maximum absolute atomic E-state index is 12.3. The van der Waals surface area contributed by atoms with Gasteiger partial charge in [0, 0.05) is 15.6 Å². The summed E-state index contributed by atoms with van der Waals surface area (Å²) in [7, 11) is 0. The Morgan fingerprint density at radius 1 is 1.05 bits per heavy atom. The van der Waals surface area contributed by atoms with E-state index in [2.05, 4.69) is 15.9 Å². The molecule has 0 aliphatic carbocycles. The van der Waals surface area contributed by atoms with E-state index in [4.69, 9.17) is 5.11 Å². The average Bonchev–Trinajstić information content (AvgIpc) is 2.46. The molecule has 0 aliphatic heterocycles. The van der Waals surface area contributed by atoms with Gasteiger partial charge in [-0.3, -0.25) is 9.59 Å². The fraction of sp³-hybridized carbons (Fsp3) is 0.125. The molecule has 0 amide bonds. The first-order valence-corrected chi connectivity index (χ1v) is 6.91. The van der Waals surface area contributed by atoms with Crippen molar-refractivity contribution in [1.29, 1.82) is 0 Å². The van der Waals surface area contributed by atoms with E-state index in [9.17, 15) is 9.59 Å². The maximum Gasteiger partial charge on any atom is 0.310 e. The van der Waals surface area contributed by atoms with Gasteiger partial charge in [-0.15, -0.1) is 0 Å². The summed E-state index contributed by atoms with van der Waals surface area (Å²) in [4.78, 5) is 23.2. The third kappa shape index (κ3) is 3.14. The number of carbonyl (C=O) groups excluding carboxylic acids is 1. The highest BCUT2D eigenvalue weighted by Gasteiger charge is 2.15. The Balaban J connectivity index is 2.26. The third-order valence-electron chi connectivity index (χ3n) is 3.13. The lowest BCUT2D eigenvalue weighted by molar-refractivity contribution is -0.138. The van der Waals surface area contributed by atoms with E-state index >= 15 is 0 Å². The molecule has 0 spiro atoms. The zero-order valence-electron chi connectivity index (χ0n) is 10.8. The smallest absolute Gasteiger partial charge is 0.310 e. The normalized spacial score (nSPS) is 11.9. The molecule has 0 saturated carbocycles. The molecule has 1 N–H and O–H groups in total. The minimum atomic E-state index is -0.879. The molecule has 2 aromatic carbocycles. The van der Waals surface area contributed by atoms with Crippen LogP contribution in [0.2, 0.25) is 0 Å². The monoisotopic (exact) mass is 332 g/mol. The number of carboxylic acid groups (broad SMARTS) is 1. The van der Waals surface area contributed by atoms with Crippen molar-refractivity contribution < 1.29 is 14.7 Å². The number of rotatable bonds is 4. The number of hydrogen-bond donors (Lipinski definition) is 1. The summed E-state index contributed by atoms with van der Waals surface area (Å²) in [6.45, 7) is 1.62. The quantitative estimate of drug-likeness (QED) is 0.864. The van der Waals surface area contributed by atoms with E-state index in [-0.39, 0.29) is 5.78 Å². The molecule has 3 nitrogen and oxygen atoms in total. The van der Waals surface area contributed by atoms with Crippen molar-refractivity contribution in [3.63, 3.8) is 0 Å². The number of aliphatic carboxylic acids is 1. The minimum absolute atomic E-state index is 0.0826. The third-order valence-corrected chi connectivity index (χ3v) is 3.62. The predicted molar refractivity (Wildman–Crippen MR) is 80.1 cm³/mol. The highest BCUT2D eigenvalue weighted by molar-refractivity contribution is 9.10. The maximum atomic E-state index is 12.3. The summed E-state index contributed by atoms with van der Waals surface area (Å²) in [6, 6.07) is 13.9. The van der Waals surface area contributed by atoms with Gasteiger partial charge in [-0.05, 0) is 24.6 Å². The molecule has 0 aromatic heterocycles. The van der Waals surface area contributed by atoms with Crippen LogP contribution in [0, 0.1) is 0 Å². The van der Waals surface area contributed by atoms with Crippen molar-refractivity contribution in [3.8, 4) is 0 Å². The first-order valence-electron chi connectivity index (χ1n) is 6.12. The summed E-state index contributed by atoms with van der Waals surface area (Å²) in [5, 5.41) is 8.95. The van der Waals surface area contributed by atoms with Crippen molar-refractivity contribution >= 4 is 27.7 Å². The first-order chi connectivity index (χ1) is 9.49. The first kappa shape index (κ1) is 14.5. The van der Waals surface area contributed by atoms with Gasteiger partial charge in [-0.1, -0.05) is 52.3 Å². The van der Waals surface area contributed by atoms with E-state index in [1.165, 1.54) is 0 Å². The Labute approximate surface area is 125 Å². The van der Waals surface area contributed by atoms with E-state index in [0.29, 0.717) is 16.7 Å². The van der Waals surface area contributed by atoms with Gasteiger partial charge in [0.1, 0.15) is 0 Å². The number of carbonyl (C=O) groups is 2. The second kappa shape index (κ2) is 6.01. The molecule has 4 heteroatoms. The van der Waals surface area contributed by atoms with Crippen LogP contribution in [0.15, 0.2) is 53.0 Å². The van der Waals surface area contributed by atoms with Gasteiger partial charge in [-0.25, -0.2) is 0 Å². The molecule has 20 heavy (non-hydrogen) atoms. The summed E-state index contributed by atoms with van der Waals surface area (Å²) in [5.41, 5.74) is 1.83. The largest absolute Gasteiger partial charge is 0.481 e. The second-order valence-corrected chi connectivity index (χ2v) is 5.44. The fourth-order valence-corrected chi connectivity index (χ4v) is 2.26.